The van der Waals surface area contributed by atoms with Gasteiger partial charge in [0.2, 0.25) is 0 Å². The Kier molecular flexibility index (Phi) is 7.62. The third-order valence-electron chi connectivity index (χ3n) is 7.21. The quantitative estimate of drug-likeness (QED) is 0.197. The fourth-order valence-corrected chi connectivity index (χ4v) is 6.39. The number of esters is 1. The molecule has 3 heterocycles. The van der Waals surface area contributed by atoms with Gasteiger partial charge in [-0.05, 0) is 49.9 Å². The van der Waals surface area contributed by atoms with E-state index in [4.69, 9.17) is 42.2 Å². The van der Waals surface area contributed by atoms with Crippen molar-refractivity contribution in [2.24, 2.45) is 0 Å². The molecule has 0 bridgehead atoms. The van der Waals surface area contributed by atoms with Gasteiger partial charge in [0.1, 0.15) is 11.5 Å². The van der Waals surface area contributed by atoms with Crippen molar-refractivity contribution in [1.82, 2.24) is 10.1 Å². The van der Waals surface area contributed by atoms with Crippen LogP contribution in [0.15, 0.2) is 52.4 Å². The monoisotopic (exact) mass is 583 g/mol. The maximum Gasteiger partial charge on any atom is 0.337 e. The SMILES string of the molecule is COC(=O)c1cccc(-c2csc(N3CCC(OCc4c(-c5c(Cl)cccc5Cl)noc4C4CC4)CC3)n2)c1. The van der Waals surface area contributed by atoms with E-state index in [2.05, 4.69) is 10.1 Å². The van der Waals surface area contributed by atoms with Gasteiger partial charge in [0.25, 0.3) is 0 Å². The van der Waals surface area contributed by atoms with E-state index >= 15 is 0 Å². The fourth-order valence-electron chi connectivity index (χ4n) is 4.93. The van der Waals surface area contributed by atoms with E-state index in [1.54, 1.807) is 17.4 Å². The molecular weight excluding hydrogens is 557 g/mol. The molecule has 1 aliphatic carbocycles. The number of rotatable bonds is 8. The number of aromatic nitrogens is 2. The standard InChI is InChI=1S/C29H27Cl2N3O4S/c1-36-28(35)19-5-2-4-18(14-19)24-16-39-29(32-24)34-12-10-20(11-13-34)37-15-21-26(33-38-27(21)17-8-9-17)25-22(30)6-3-7-23(25)31/h2-7,14,16-17,20H,8-13,15H2,1H3. The minimum atomic E-state index is -0.355. The van der Waals surface area contributed by atoms with Gasteiger partial charge in [-0.3, -0.25) is 0 Å². The van der Waals surface area contributed by atoms with Crippen LogP contribution < -0.4 is 4.90 Å². The normalized spacial score (nSPS) is 16.0. The first-order valence-corrected chi connectivity index (χ1v) is 14.6. The molecule has 0 atom stereocenters. The number of thiazole rings is 1. The summed E-state index contributed by atoms with van der Waals surface area (Å²) in [7, 11) is 1.38. The van der Waals surface area contributed by atoms with Gasteiger partial charge in [-0.25, -0.2) is 9.78 Å². The Bertz CT molecular complexity index is 1470. The minimum Gasteiger partial charge on any atom is -0.465 e. The molecule has 0 spiro atoms. The van der Waals surface area contributed by atoms with Gasteiger partial charge >= 0.3 is 5.97 Å². The number of hydrogen-bond donors (Lipinski definition) is 0. The molecule has 2 aliphatic rings. The van der Waals surface area contributed by atoms with E-state index in [0.717, 1.165) is 66.5 Å². The number of halogens is 2. The van der Waals surface area contributed by atoms with E-state index in [1.807, 2.05) is 41.8 Å². The van der Waals surface area contributed by atoms with Crippen LogP contribution in [0.5, 0.6) is 0 Å². The summed E-state index contributed by atoms with van der Waals surface area (Å²) in [5.74, 6) is 0.928. The van der Waals surface area contributed by atoms with Crippen molar-refractivity contribution in [3.8, 4) is 22.5 Å². The Morgan fingerprint density at radius 3 is 2.56 bits per heavy atom. The lowest BCUT2D eigenvalue weighted by Gasteiger charge is -2.31. The molecular formula is C29H27Cl2N3O4S. The van der Waals surface area contributed by atoms with Crippen molar-refractivity contribution in [3.63, 3.8) is 0 Å². The van der Waals surface area contributed by atoms with Crippen molar-refractivity contribution in [1.29, 1.82) is 0 Å². The summed E-state index contributed by atoms with van der Waals surface area (Å²) in [6.07, 6.45) is 4.09. The molecule has 0 N–H and O–H groups in total. The van der Waals surface area contributed by atoms with Crippen LogP contribution in [-0.4, -0.2) is 42.4 Å². The van der Waals surface area contributed by atoms with Gasteiger partial charge in [-0.15, -0.1) is 11.3 Å². The summed E-state index contributed by atoms with van der Waals surface area (Å²) in [6, 6.07) is 12.8. The zero-order valence-electron chi connectivity index (χ0n) is 21.4. The number of carbonyl (C=O) groups is 1. The molecule has 4 aromatic rings. The number of carbonyl (C=O) groups excluding carboxylic acids is 1. The van der Waals surface area contributed by atoms with Crippen LogP contribution in [0.25, 0.3) is 22.5 Å². The van der Waals surface area contributed by atoms with Gasteiger partial charge in [0, 0.05) is 41.1 Å². The van der Waals surface area contributed by atoms with Gasteiger partial charge in [0.05, 0.1) is 41.1 Å². The maximum atomic E-state index is 11.9. The number of benzene rings is 2. The lowest BCUT2D eigenvalue weighted by atomic mass is 10.0. The summed E-state index contributed by atoms with van der Waals surface area (Å²) in [6.45, 7) is 2.11. The zero-order valence-corrected chi connectivity index (χ0v) is 23.7. The Morgan fingerprint density at radius 1 is 1.10 bits per heavy atom. The van der Waals surface area contributed by atoms with Crippen LogP contribution in [0.3, 0.4) is 0 Å². The van der Waals surface area contributed by atoms with Crippen molar-refractivity contribution in [2.75, 3.05) is 25.1 Å². The van der Waals surface area contributed by atoms with E-state index in [0.29, 0.717) is 39.4 Å². The van der Waals surface area contributed by atoms with Crippen LogP contribution in [-0.2, 0) is 16.1 Å². The molecule has 1 saturated carbocycles. The highest BCUT2D eigenvalue weighted by Crippen LogP contribution is 2.46. The number of nitrogens with zero attached hydrogens (tertiary/aromatic N) is 3. The largest absolute Gasteiger partial charge is 0.465 e. The van der Waals surface area contributed by atoms with Crippen molar-refractivity contribution < 1.29 is 18.8 Å². The Hall–Kier alpha value is -2.91. The average Bonchev–Trinajstić information content (AvgIpc) is 3.53. The molecule has 0 amide bonds. The van der Waals surface area contributed by atoms with E-state index < -0.39 is 0 Å². The number of piperidine rings is 1. The fraction of sp³-hybridized carbons (Fsp3) is 0.345. The number of methoxy groups -OCH3 is 1. The van der Waals surface area contributed by atoms with Crippen LogP contribution in [0.4, 0.5) is 5.13 Å². The number of anilines is 1. The molecule has 0 unspecified atom stereocenters. The lowest BCUT2D eigenvalue weighted by molar-refractivity contribution is 0.0246. The van der Waals surface area contributed by atoms with E-state index in [1.165, 1.54) is 7.11 Å². The predicted octanol–water partition coefficient (Wildman–Crippen LogP) is 7.62. The summed E-state index contributed by atoms with van der Waals surface area (Å²) in [4.78, 5) is 19.0. The van der Waals surface area contributed by atoms with Crippen molar-refractivity contribution in [3.05, 3.63) is 74.8 Å². The Balaban J connectivity index is 1.11. The first-order chi connectivity index (χ1) is 19.0. The summed E-state index contributed by atoms with van der Waals surface area (Å²) < 4.78 is 17.0. The zero-order chi connectivity index (χ0) is 26.9. The molecule has 1 saturated heterocycles. The minimum absolute atomic E-state index is 0.119. The second kappa shape index (κ2) is 11.3. The molecule has 1 aliphatic heterocycles. The second-order valence-corrected chi connectivity index (χ2v) is 11.5. The topological polar surface area (TPSA) is 77.7 Å². The third-order valence-corrected chi connectivity index (χ3v) is 8.74. The van der Waals surface area contributed by atoms with E-state index in [-0.39, 0.29) is 12.1 Å². The molecule has 0 radical (unpaired) electrons. The molecule has 202 valence electrons. The van der Waals surface area contributed by atoms with Gasteiger partial charge < -0.3 is 18.9 Å². The number of hydrogen-bond acceptors (Lipinski definition) is 8. The van der Waals surface area contributed by atoms with Gasteiger partial charge in [-0.1, -0.05) is 46.6 Å². The molecule has 2 aromatic heterocycles. The van der Waals surface area contributed by atoms with Crippen LogP contribution >= 0.6 is 34.5 Å². The summed E-state index contributed by atoms with van der Waals surface area (Å²) >= 11 is 14.6. The van der Waals surface area contributed by atoms with Crippen LogP contribution in [0.1, 0.15) is 53.3 Å². The molecule has 2 fully saturated rings. The maximum absolute atomic E-state index is 11.9. The first-order valence-electron chi connectivity index (χ1n) is 13.0. The Labute approximate surface area is 240 Å². The molecule has 2 aromatic carbocycles. The molecule has 7 nitrogen and oxygen atoms in total. The lowest BCUT2D eigenvalue weighted by Crippen LogP contribution is -2.37. The Morgan fingerprint density at radius 2 is 1.85 bits per heavy atom. The summed E-state index contributed by atoms with van der Waals surface area (Å²) in [5, 5.41) is 8.46. The van der Waals surface area contributed by atoms with Gasteiger partial charge in [0.15, 0.2) is 5.13 Å². The highest BCUT2D eigenvalue weighted by atomic mass is 35.5. The smallest absolute Gasteiger partial charge is 0.337 e. The van der Waals surface area contributed by atoms with Crippen LogP contribution in [0, 0.1) is 0 Å². The van der Waals surface area contributed by atoms with Gasteiger partial charge in [-0.2, -0.15) is 0 Å². The highest BCUT2D eigenvalue weighted by Gasteiger charge is 2.34. The van der Waals surface area contributed by atoms with Crippen molar-refractivity contribution in [2.45, 2.75) is 44.3 Å². The highest BCUT2D eigenvalue weighted by molar-refractivity contribution is 7.14. The molecule has 6 rings (SSSR count). The third kappa shape index (κ3) is 5.57. The first kappa shape index (κ1) is 26.3. The molecule has 10 heteroatoms. The van der Waals surface area contributed by atoms with Crippen LogP contribution in [0.2, 0.25) is 10.0 Å². The average molecular weight is 585 g/mol. The summed E-state index contributed by atoms with van der Waals surface area (Å²) in [5.41, 5.74) is 4.59. The van der Waals surface area contributed by atoms with E-state index in [9.17, 15) is 4.79 Å². The second-order valence-electron chi connectivity index (χ2n) is 9.83. The predicted molar refractivity (Wildman–Crippen MR) is 153 cm³/mol. The van der Waals surface area contributed by atoms with Crippen molar-refractivity contribution >= 4 is 45.6 Å². The number of ether oxygens (including phenoxy) is 2. The molecule has 39 heavy (non-hydrogen) atoms.